The predicted molar refractivity (Wildman–Crippen MR) is 71.8 cm³/mol. The van der Waals surface area contributed by atoms with E-state index < -0.39 is 0 Å². The van der Waals surface area contributed by atoms with Gasteiger partial charge in [0.05, 0.1) is 0 Å². The number of amides is 2. The Hall–Kier alpha value is -1.06. The van der Waals surface area contributed by atoms with E-state index in [2.05, 4.69) is 13.8 Å². The number of rotatable bonds is 4. The van der Waals surface area contributed by atoms with E-state index in [9.17, 15) is 9.59 Å². The Bertz CT molecular complexity index is 227. The molecule has 0 spiro atoms. The molecule has 0 saturated heterocycles. The molecule has 17 heavy (non-hydrogen) atoms. The zero-order valence-corrected chi connectivity index (χ0v) is 12.4. The number of carbonyl (C=O) groups excluding carboxylic acids is 2. The first kappa shape index (κ1) is 18.3. The number of carbonyl (C=O) groups is 2. The zero-order chi connectivity index (χ0) is 14.0. The summed E-state index contributed by atoms with van der Waals surface area (Å²) < 4.78 is 0. The Morgan fingerprint density at radius 1 is 1.06 bits per heavy atom. The van der Waals surface area contributed by atoms with Gasteiger partial charge >= 0.3 is 0 Å². The van der Waals surface area contributed by atoms with Crippen LogP contribution in [0.3, 0.4) is 0 Å². The van der Waals surface area contributed by atoms with Crippen LogP contribution in [-0.4, -0.2) is 48.8 Å². The molecule has 0 heterocycles. The second-order valence-corrected chi connectivity index (χ2v) is 4.48. The highest BCUT2D eigenvalue weighted by Gasteiger charge is 2.08. The molecule has 4 nitrogen and oxygen atoms in total. The molecule has 0 aromatic carbocycles. The van der Waals surface area contributed by atoms with Crippen LogP contribution in [0.2, 0.25) is 0 Å². The van der Waals surface area contributed by atoms with Gasteiger partial charge in [0.1, 0.15) is 0 Å². The van der Waals surface area contributed by atoms with Gasteiger partial charge in [0.2, 0.25) is 11.8 Å². The van der Waals surface area contributed by atoms with Gasteiger partial charge in [0.25, 0.3) is 0 Å². The van der Waals surface area contributed by atoms with Crippen LogP contribution in [0, 0.1) is 5.92 Å². The zero-order valence-electron chi connectivity index (χ0n) is 12.4. The van der Waals surface area contributed by atoms with E-state index in [0.29, 0.717) is 5.92 Å². The van der Waals surface area contributed by atoms with Crippen molar-refractivity contribution in [3.8, 4) is 0 Å². The summed E-state index contributed by atoms with van der Waals surface area (Å²) in [5.41, 5.74) is 0. The van der Waals surface area contributed by atoms with Crippen LogP contribution >= 0.6 is 0 Å². The molecule has 1 unspecified atom stereocenters. The van der Waals surface area contributed by atoms with E-state index in [1.54, 1.807) is 21.0 Å². The molecular formula is C13H28N2O2. The molecule has 1 atom stereocenters. The van der Waals surface area contributed by atoms with E-state index >= 15 is 0 Å². The van der Waals surface area contributed by atoms with Gasteiger partial charge in [0.15, 0.2) is 0 Å². The monoisotopic (exact) mass is 244 g/mol. The molecule has 0 radical (unpaired) electrons. The van der Waals surface area contributed by atoms with Gasteiger partial charge in [-0.15, -0.1) is 0 Å². The standard InChI is InChI=1S/C9H19NO.C4H9NO/c1-5-8(3)7-10(6-2)9(4)11;1-4(6)5(2)3/h8H,5-7H2,1-4H3;1-3H3. The summed E-state index contributed by atoms with van der Waals surface area (Å²) in [6, 6.07) is 0. The molecule has 0 N–H and O–H groups in total. The van der Waals surface area contributed by atoms with Crippen LogP contribution in [0.1, 0.15) is 41.0 Å². The molecule has 0 bridgehead atoms. The third kappa shape index (κ3) is 11.2. The maximum Gasteiger partial charge on any atom is 0.219 e. The molecule has 4 heteroatoms. The number of hydrogen-bond acceptors (Lipinski definition) is 2. The van der Waals surface area contributed by atoms with Crippen molar-refractivity contribution < 1.29 is 9.59 Å². The lowest BCUT2D eigenvalue weighted by molar-refractivity contribution is -0.129. The van der Waals surface area contributed by atoms with E-state index in [0.717, 1.165) is 19.5 Å². The summed E-state index contributed by atoms with van der Waals surface area (Å²) in [6.07, 6.45) is 1.14. The molecule has 0 saturated carbocycles. The van der Waals surface area contributed by atoms with Crippen LogP contribution in [-0.2, 0) is 9.59 Å². The van der Waals surface area contributed by atoms with Gasteiger partial charge in [-0.1, -0.05) is 20.3 Å². The molecule has 0 fully saturated rings. The van der Waals surface area contributed by atoms with E-state index in [4.69, 9.17) is 0 Å². The SMILES string of the molecule is CC(=O)N(C)C.CCC(C)CN(CC)C(C)=O. The van der Waals surface area contributed by atoms with Gasteiger partial charge < -0.3 is 9.80 Å². The average molecular weight is 244 g/mol. The van der Waals surface area contributed by atoms with Gasteiger partial charge in [-0.05, 0) is 12.8 Å². The minimum atomic E-state index is 0.0926. The van der Waals surface area contributed by atoms with Gasteiger partial charge in [-0.25, -0.2) is 0 Å². The molecule has 0 aromatic rings. The normalized spacial score (nSPS) is 11.0. The van der Waals surface area contributed by atoms with Crippen LogP contribution in [0.25, 0.3) is 0 Å². The summed E-state index contributed by atoms with van der Waals surface area (Å²) in [5, 5.41) is 0. The second kappa shape index (κ2) is 10.1. The Kier molecular flexibility index (Phi) is 10.9. The molecule has 2 amide bonds. The number of hydrogen-bond donors (Lipinski definition) is 0. The van der Waals surface area contributed by atoms with Crippen LogP contribution < -0.4 is 0 Å². The molecule has 0 aliphatic heterocycles. The van der Waals surface area contributed by atoms with Gasteiger partial charge in [-0.3, -0.25) is 9.59 Å². The van der Waals surface area contributed by atoms with Crippen molar-refractivity contribution in [3.05, 3.63) is 0 Å². The molecule has 0 aliphatic rings. The lowest BCUT2D eigenvalue weighted by Crippen LogP contribution is -2.32. The summed E-state index contributed by atoms with van der Waals surface area (Å²) in [6.45, 7) is 11.2. The Morgan fingerprint density at radius 2 is 1.47 bits per heavy atom. The Balaban J connectivity index is 0. The van der Waals surface area contributed by atoms with Crippen molar-refractivity contribution in [1.82, 2.24) is 9.80 Å². The fraction of sp³-hybridized carbons (Fsp3) is 0.846. The molecule has 102 valence electrons. The first-order valence-corrected chi connectivity index (χ1v) is 6.19. The van der Waals surface area contributed by atoms with E-state index in [1.807, 2.05) is 11.8 Å². The summed E-state index contributed by atoms with van der Waals surface area (Å²) >= 11 is 0. The van der Waals surface area contributed by atoms with Crippen molar-refractivity contribution in [3.63, 3.8) is 0 Å². The quantitative estimate of drug-likeness (QED) is 0.759. The molecule has 0 aromatic heterocycles. The first-order chi connectivity index (χ1) is 7.76. The Morgan fingerprint density at radius 3 is 1.65 bits per heavy atom. The van der Waals surface area contributed by atoms with Crippen molar-refractivity contribution in [1.29, 1.82) is 0 Å². The van der Waals surface area contributed by atoms with Crippen LogP contribution in [0.5, 0.6) is 0 Å². The van der Waals surface area contributed by atoms with Crippen molar-refractivity contribution in [2.24, 2.45) is 5.92 Å². The highest BCUT2D eigenvalue weighted by molar-refractivity contribution is 5.73. The fourth-order valence-corrected chi connectivity index (χ4v) is 0.986. The van der Waals surface area contributed by atoms with Crippen LogP contribution in [0.15, 0.2) is 0 Å². The molecular weight excluding hydrogens is 216 g/mol. The molecule has 0 aliphatic carbocycles. The largest absolute Gasteiger partial charge is 0.349 e. The third-order valence-electron chi connectivity index (χ3n) is 2.69. The highest BCUT2D eigenvalue weighted by Crippen LogP contribution is 2.03. The first-order valence-electron chi connectivity index (χ1n) is 6.19. The van der Waals surface area contributed by atoms with Gasteiger partial charge in [0, 0.05) is 41.0 Å². The molecule has 0 rings (SSSR count). The average Bonchev–Trinajstić information content (AvgIpc) is 2.25. The van der Waals surface area contributed by atoms with Crippen molar-refractivity contribution in [2.45, 2.75) is 41.0 Å². The minimum Gasteiger partial charge on any atom is -0.349 e. The maximum absolute atomic E-state index is 11.0. The summed E-state index contributed by atoms with van der Waals surface area (Å²) in [4.78, 5) is 24.4. The maximum atomic E-state index is 11.0. The topological polar surface area (TPSA) is 40.6 Å². The number of nitrogens with zero attached hydrogens (tertiary/aromatic N) is 2. The van der Waals surface area contributed by atoms with E-state index in [-0.39, 0.29) is 11.8 Å². The third-order valence-corrected chi connectivity index (χ3v) is 2.69. The smallest absolute Gasteiger partial charge is 0.219 e. The highest BCUT2D eigenvalue weighted by atomic mass is 16.2. The van der Waals surface area contributed by atoms with Gasteiger partial charge in [-0.2, -0.15) is 0 Å². The lowest BCUT2D eigenvalue weighted by Gasteiger charge is -2.22. The minimum absolute atomic E-state index is 0.0926. The lowest BCUT2D eigenvalue weighted by atomic mass is 10.1. The van der Waals surface area contributed by atoms with Crippen molar-refractivity contribution in [2.75, 3.05) is 27.2 Å². The summed E-state index contributed by atoms with van der Waals surface area (Å²) in [7, 11) is 3.45. The predicted octanol–water partition coefficient (Wildman–Crippen LogP) is 2.00. The van der Waals surface area contributed by atoms with Crippen LogP contribution in [0.4, 0.5) is 0 Å². The summed E-state index contributed by atoms with van der Waals surface area (Å²) in [5.74, 6) is 0.904. The second-order valence-electron chi connectivity index (χ2n) is 4.48. The van der Waals surface area contributed by atoms with Crippen molar-refractivity contribution >= 4 is 11.8 Å². The van der Waals surface area contributed by atoms with E-state index in [1.165, 1.54) is 11.8 Å². The Labute approximate surface area is 106 Å². The fourth-order valence-electron chi connectivity index (χ4n) is 0.986.